The van der Waals surface area contributed by atoms with Crippen LogP contribution in [0.4, 0.5) is 5.69 Å². The Morgan fingerprint density at radius 1 is 1.15 bits per heavy atom. The van der Waals surface area contributed by atoms with E-state index in [4.69, 9.17) is 16.3 Å². The molecule has 0 spiro atoms. The van der Waals surface area contributed by atoms with Crippen LogP contribution in [0.3, 0.4) is 0 Å². The van der Waals surface area contributed by atoms with Crippen molar-refractivity contribution in [2.75, 3.05) is 32.1 Å². The number of hydrogen-bond donors (Lipinski definition) is 2. The van der Waals surface area contributed by atoms with Crippen LogP contribution >= 0.6 is 11.6 Å². The maximum Gasteiger partial charge on any atom is 0.258 e. The number of likely N-dealkylation sites (N-methyl/N-ethyl adjacent to an activating group) is 1. The number of aliphatic hydroxyl groups is 1. The molecule has 41 heavy (non-hydrogen) atoms. The highest BCUT2D eigenvalue weighted by molar-refractivity contribution is 7.89. The number of sulfonamides is 1. The van der Waals surface area contributed by atoms with Crippen molar-refractivity contribution in [3.63, 3.8) is 0 Å². The second kappa shape index (κ2) is 13.0. The molecule has 0 radical (unpaired) electrons. The minimum atomic E-state index is -3.84. The van der Waals surface area contributed by atoms with Gasteiger partial charge in [-0.05, 0) is 55.0 Å². The number of halogens is 1. The van der Waals surface area contributed by atoms with Gasteiger partial charge in [-0.15, -0.1) is 0 Å². The molecule has 3 atom stereocenters. The maximum atomic E-state index is 13.7. The predicted octanol–water partition coefficient (Wildman–Crippen LogP) is 4.06. The van der Waals surface area contributed by atoms with Crippen molar-refractivity contribution in [1.29, 1.82) is 0 Å². The Kier molecular flexibility index (Phi) is 9.70. The highest BCUT2D eigenvalue weighted by Crippen LogP contribution is 2.31. The number of rotatable bonds is 9. The summed E-state index contributed by atoms with van der Waals surface area (Å²) in [5, 5.41) is 13.2. The van der Waals surface area contributed by atoms with Gasteiger partial charge < -0.3 is 20.1 Å². The summed E-state index contributed by atoms with van der Waals surface area (Å²) < 4.78 is 34.1. The number of fused-ring (bicyclic) bond motifs is 1. The molecule has 2 amide bonds. The van der Waals surface area contributed by atoms with E-state index in [2.05, 4.69) is 5.32 Å². The average Bonchev–Trinajstić information content (AvgIpc) is 2.95. The van der Waals surface area contributed by atoms with Gasteiger partial charge in [-0.25, -0.2) is 8.42 Å². The van der Waals surface area contributed by atoms with Crippen molar-refractivity contribution in [3.05, 3.63) is 88.9 Å². The molecular weight excluding hydrogens is 566 g/mol. The van der Waals surface area contributed by atoms with Crippen molar-refractivity contribution in [2.24, 2.45) is 5.92 Å². The smallest absolute Gasteiger partial charge is 0.258 e. The van der Waals surface area contributed by atoms with Crippen molar-refractivity contribution < 1.29 is 27.9 Å². The quantitative estimate of drug-likeness (QED) is 0.383. The van der Waals surface area contributed by atoms with E-state index < -0.39 is 22.2 Å². The van der Waals surface area contributed by atoms with E-state index in [1.807, 2.05) is 37.3 Å². The molecule has 1 aliphatic heterocycles. The van der Waals surface area contributed by atoms with E-state index in [1.54, 1.807) is 30.0 Å². The zero-order valence-electron chi connectivity index (χ0n) is 23.2. The van der Waals surface area contributed by atoms with Crippen LogP contribution in [-0.2, 0) is 21.2 Å². The van der Waals surface area contributed by atoms with Gasteiger partial charge in [0, 0.05) is 30.2 Å². The Bertz CT molecular complexity index is 1480. The van der Waals surface area contributed by atoms with Crippen LogP contribution in [0.5, 0.6) is 5.75 Å². The molecule has 218 valence electrons. The van der Waals surface area contributed by atoms with Gasteiger partial charge >= 0.3 is 0 Å². The molecular formula is C30H34ClN3O6S. The van der Waals surface area contributed by atoms with E-state index >= 15 is 0 Å². The van der Waals surface area contributed by atoms with Crippen LogP contribution in [0.15, 0.2) is 77.7 Å². The van der Waals surface area contributed by atoms with Crippen LogP contribution in [-0.4, -0.2) is 73.4 Å². The lowest BCUT2D eigenvalue weighted by molar-refractivity contribution is -0.115. The lowest BCUT2D eigenvalue weighted by Crippen LogP contribution is -2.50. The molecule has 0 aliphatic carbocycles. The van der Waals surface area contributed by atoms with Gasteiger partial charge in [0.25, 0.3) is 5.91 Å². The number of ether oxygens (including phenoxy) is 1. The van der Waals surface area contributed by atoms with Gasteiger partial charge in [-0.3, -0.25) is 9.59 Å². The van der Waals surface area contributed by atoms with Crippen molar-refractivity contribution in [3.8, 4) is 5.75 Å². The number of nitrogens with one attached hydrogen (secondary N) is 1. The molecule has 0 aromatic heterocycles. The third-order valence-corrected chi connectivity index (χ3v) is 9.20. The number of benzene rings is 3. The Morgan fingerprint density at radius 2 is 1.83 bits per heavy atom. The van der Waals surface area contributed by atoms with Gasteiger partial charge in [0.2, 0.25) is 15.9 Å². The fourth-order valence-corrected chi connectivity index (χ4v) is 5.95. The molecule has 9 nitrogen and oxygen atoms in total. The summed E-state index contributed by atoms with van der Waals surface area (Å²) in [6.07, 6.45) is -0.454. The van der Waals surface area contributed by atoms with Gasteiger partial charge in [0.05, 0.1) is 36.1 Å². The zero-order valence-corrected chi connectivity index (χ0v) is 24.7. The Balaban J connectivity index is 1.61. The highest BCUT2D eigenvalue weighted by atomic mass is 35.5. The van der Waals surface area contributed by atoms with E-state index in [-0.39, 0.29) is 60.1 Å². The molecule has 4 rings (SSSR count). The number of amides is 2. The Hall–Kier alpha value is -3.44. The lowest BCUT2D eigenvalue weighted by Gasteiger charge is -2.38. The van der Waals surface area contributed by atoms with Crippen LogP contribution in [0.25, 0.3) is 0 Å². The van der Waals surface area contributed by atoms with Gasteiger partial charge in [-0.1, -0.05) is 48.9 Å². The first kappa shape index (κ1) is 30.5. The molecule has 0 bridgehead atoms. The summed E-state index contributed by atoms with van der Waals surface area (Å²) in [5.74, 6) is -0.612. The van der Waals surface area contributed by atoms with E-state index in [0.29, 0.717) is 10.7 Å². The monoisotopic (exact) mass is 599 g/mol. The number of hydrogen-bond acceptors (Lipinski definition) is 6. The fourth-order valence-electron chi connectivity index (χ4n) is 4.64. The van der Waals surface area contributed by atoms with Crippen LogP contribution < -0.4 is 10.1 Å². The molecule has 1 heterocycles. The van der Waals surface area contributed by atoms with E-state index in [9.17, 15) is 23.1 Å². The molecule has 1 aliphatic rings. The molecule has 0 fully saturated rings. The minimum Gasteiger partial charge on any atom is -0.488 e. The van der Waals surface area contributed by atoms with Gasteiger partial charge in [0.15, 0.2) is 0 Å². The van der Waals surface area contributed by atoms with Gasteiger partial charge in [0.1, 0.15) is 11.9 Å². The number of aliphatic hydroxyl groups excluding tert-OH is 1. The number of anilines is 1. The van der Waals surface area contributed by atoms with Crippen LogP contribution in [0.2, 0.25) is 5.02 Å². The molecule has 11 heteroatoms. The second-order valence-corrected chi connectivity index (χ2v) is 12.8. The van der Waals surface area contributed by atoms with Crippen molar-refractivity contribution >= 4 is 39.1 Å². The Labute approximate surface area is 245 Å². The molecule has 0 saturated heterocycles. The summed E-state index contributed by atoms with van der Waals surface area (Å²) in [6, 6.07) is 19.5. The summed E-state index contributed by atoms with van der Waals surface area (Å²) in [7, 11) is -2.37. The second-order valence-electron chi connectivity index (χ2n) is 10.3. The van der Waals surface area contributed by atoms with E-state index in [0.717, 1.165) is 5.56 Å². The first-order valence-electron chi connectivity index (χ1n) is 13.3. The van der Waals surface area contributed by atoms with E-state index in [1.165, 1.54) is 35.6 Å². The summed E-state index contributed by atoms with van der Waals surface area (Å²) in [6.45, 7) is 3.60. The highest BCUT2D eigenvalue weighted by Gasteiger charge is 2.35. The zero-order chi connectivity index (χ0) is 29.7. The van der Waals surface area contributed by atoms with Crippen molar-refractivity contribution in [1.82, 2.24) is 9.21 Å². The number of carbonyl (C=O) groups is 2. The Morgan fingerprint density at radius 3 is 2.49 bits per heavy atom. The standard InChI is InChI=1S/C30H34ClN3O6S/c1-20-17-34(21(2)19-35)30(37)26-16-24(32-29(36)15-22-7-5-4-6-8-22)11-14-27(26)40-28(20)18-33(3)41(38,39)25-12-9-23(31)10-13-25/h4-14,16,20-21,28,35H,15,17-19H2,1-3H3,(H,32,36)/t20-,21+,28+/m1/s1. The minimum absolute atomic E-state index is 0.0106. The first-order chi connectivity index (χ1) is 19.5. The van der Waals surface area contributed by atoms with Crippen LogP contribution in [0, 0.1) is 5.92 Å². The third kappa shape index (κ3) is 7.26. The van der Waals surface area contributed by atoms with Crippen molar-refractivity contribution in [2.45, 2.75) is 37.3 Å². The summed E-state index contributed by atoms with van der Waals surface area (Å²) in [5.41, 5.74) is 1.49. The molecule has 0 unspecified atom stereocenters. The largest absolute Gasteiger partial charge is 0.488 e. The lowest BCUT2D eigenvalue weighted by atomic mass is 9.99. The molecule has 0 saturated carbocycles. The SMILES string of the molecule is C[C@@H]1CN([C@@H](C)CO)C(=O)c2cc(NC(=O)Cc3ccccc3)ccc2O[C@H]1CN(C)S(=O)(=O)c1ccc(Cl)cc1. The topological polar surface area (TPSA) is 116 Å². The predicted molar refractivity (Wildman–Crippen MR) is 158 cm³/mol. The third-order valence-electron chi connectivity index (χ3n) is 7.11. The number of nitrogens with zero attached hydrogens (tertiary/aromatic N) is 2. The summed E-state index contributed by atoms with van der Waals surface area (Å²) >= 11 is 5.93. The molecule has 3 aromatic rings. The molecule has 3 aromatic carbocycles. The maximum absolute atomic E-state index is 13.7. The average molecular weight is 600 g/mol. The fraction of sp³-hybridized carbons (Fsp3) is 0.333. The number of carbonyl (C=O) groups excluding carboxylic acids is 2. The normalized spacial score (nSPS) is 18.2. The van der Waals surface area contributed by atoms with Crippen LogP contribution in [0.1, 0.15) is 29.8 Å². The van der Waals surface area contributed by atoms with Gasteiger partial charge in [-0.2, -0.15) is 4.31 Å². The molecule has 2 N–H and O–H groups in total. The summed E-state index contributed by atoms with van der Waals surface area (Å²) in [4.78, 5) is 28.0. The first-order valence-corrected chi connectivity index (χ1v) is 15.1.